The van der Waals surface area contributed by atoms with Crippen LogP contribution in [0.2, 0.25) is 0 Å². The van der Waals surface area contributed by atoms with Gasteiger partial charge >= 0.3 is 0 Å². The van der Waals surface area contributed by atoms with Crippen LogP contribution in [0.15, 0.2) is 29.2 Å². The molecule has 0 fully saturated rings. The minimum atomic E-state index is -3.22. The highest BCUT2D eigenvalue weighted by atomic mass is 32.2. The highest BCUT2D eigenvalue weighted by Gasteiger charge is 2.12. The van der Waals surface area contributed by atoms with E-state index in [0.29, 0.717) is 5.56 Å². The molecule has 0 saturated heterocycles. The molecule has 0 amide bonds. The van der Waals surface area contributed by atoms with Crippen LogP contribution in [-0.2, 0) is 16.4 Å². The van der Waals surface area contributed by atoms with E-state index in [2.05, 4.69) is 0 Å². The molecule has 0 spiro atoms. The summed E-state index contributed by atoms with van der Waals surface area (Å²) in [4.78, 5) is 0.265. The Morgan fingerprint density at radius 3 is 2.43 bits per heavy atom. The summed E-state index contributed by atoms with van der Waals surface area (Å²) in [5.74, 6) is 0. The Morgan fingerprint density at radius 1 is 1.36 bits per heavy atom. The summed E-state index contributed by atoms with van der Waals surface area (Å²) in [6.45, 7) is 0.198. The van der Waals surface area contributed by atoms with Crippen LogP contribution in [0.3, 0.4) is 0 Å². The molecule has 0 saturated carbocycles. The van der Waals surface area contributed by atoms with Gasteiger partial charge in [-0.3, -0.25) is 0 Å². The van der Waals surface area contributed by atoms with E-state index in [1.165, 1.54) is 13.1 Å². The summed E-state index contributed by atoms with van der Waals surface area (Å²) >= 11 is 0. The van der Waals surface area contributed by atoms with Crippen molar-refractivity contribution in [2.24, 2.45) is 0 Å². The van der Waals surface area contributed by atoms with Crippen LogP contribution in [0.1, 0.15) is 5.56 Å². The molecule has 0 radical (unpaired) electrons. The van der Waals surface area contributed by atoms with Crippen molar-refractivity contribution >= 4 is 9.84 Å². The van der Waals surface area contributed by atoms with Crippen LogP contribution in [-0.4, -0.2) is 32.0 Å². The lowest BCUT2D eigenvalue weighted by atomic mass is 10.2. The van der Waals surface area contributed by atoms with Crippen molar-refractivity contribution in [3.63, 3.8) is 0 Å². The first-order valence-electron chi connectivity index (χ1n) is 4.09. The Labute approximate surface area is 83.7 Å². The van der Waals surface area contributed by atoms with Gasteiger partial charge in [0.25, 0.3) is 0 Å². The van der Waals surface area contributed by atoms with Gasteiger partial charge in [0.05, 0.1) is 4.90 Å². The van der Waals surface area contributed by atoms with Crippen LogP contribution in [0.5, 0.6) is 0 Å². The van der Waals surface area contributed by atoms with Crippen LogP contribution < -0.4 is 0 Å². The predicted molar refractivity (Wildman–Crippen MR) is 52.8 cm³/mol. The standard InChI is InChI=1S/C9H13NO3S/c1-10(11)7-8-5-3-4-6-9(8)14(2,12)13/h3-6,11H,7H2,1-2H3. The van der Waals surface area contributed by atoms with Gasteiger partial charge in [-0.2, -0.15) is 5.06 Å². The summed E-state index contributed by atoms with van der Waals surface area (Å²) < 4.78 is 22.7. The van der Waals surface area contributed by atoms with Gasteiger partial charge in [-0.05, 0) is 11.6 Å². The second-order valence-electron chi connectivity index (χ2n) is 3.20. The molecule has 1 rings (SSSR count). The van der Waals surface area contributed by atoms with Gasteiger partial charge in [0.1, 0.15) is 0 Å². The fourth-order valence-electron chi connectivity index (χ4n) is 1.24. The van der Waals surface area contributed by atoms with Gasteiger partial charge in [0.15, 0.2) is 9.84 Å². The lowest BCUT2D eigenvalue weighted by Crippen LogP contribution is -2.14. The summed E-state index contributed by atoms with van der Waals surface area (Å²) in [5.41, 5.74) is 0.597. The molecule has 0 atom stereocenters. The lowest BCUT2D eigenvalue weighted by Gasteiger charge is -2.11. The van der Waals surface area contributed by atoms with E-state index in [1.54, 1.807) is 18.2 Å². The zero-order valence-corrected chi connectivity index (χ0v) is 8.95. The molecular weight excluding hydrogens is 202 g/mol. The van der Waals surface area contributed by atoms with Crippen LogP contribution in [0, 0.1) is 0 Å². The average Bonchev–Trinajstić information content (AvgIpc) is 2.01. The first-order chi connectivity index (χ1) is 6.41. The molecule has 1 aromatic rings. The molecule has 0 aliphatic rings. The monoisotopic (exact) mass is 215 g/mol. The maximum absolute atomic E-state index is 11.3. The molecule has 0 unspecified atom stereocenters. The smallest absolute Gasteiger partial charge is 0.175 e. The zero-order chi connectivity index (χ0) is 10.8. The van der Waals surface area contributed by atoms with Gasteiger partial charge in [0.2, 0.25) is 0 Å². The number of nitrogens with zero attached hydrogens (tertiary/aromatic N) is 1. The quantitative estimate of drug-likeness (QED) is 0.761. The fourth-order valence-corrected chi connectivity index (χ4v) is 2.18. The molecule has 0 aliphatic heterocycles. The average molecular weight is 215 g/mol. The second-order valence-corrected chi connectivity index (χ2v) is 5.18. The third-order valence-corrected chi connectivity index (χ3v) is 2.97. The van der Waals surface area contributed by atoms with Crippen molar-refractivity contribution in [1.82, 2.24) is 5.06 Å². The van der Waals surface area contributed by atoms with Crippen molar-refractivity contribution in [2.45, 2.75) is 11.4 Å². The third kappa shape index (κ3) is 2.80. The van der Waals surface area contributed by atoms with E-state index in [-0.39, 0.29) is 11.4 Å². The van der Waals surface area contributed by atoms with Crippen molar-refractivity contribution in [3.05, 3.63) is 29.8 Å². The minimum Gasteiger partial charge on any atom is -0.314 e. The SMILES string of the molecule is CN(O)Cc1ccccc1S(C)(=O)=O. The Hall–Kier alpha value is -0.910. The van der Waals surface area contributed by atoms with Crippen LogP contribution >= 0.6 is 0 Å². The first kappa shape index (κ1) is 11.2. The van der Waals surface area contributed by atoms with E-state index in [0.717, 1.165) is 11.3 Å². The van der Waals surface area contributed by atoms with Crippen LogP contribution in [0.4, 0.5) is 0 Å². The zero-order valence-electron chi connectivity index (χ0n) is 8.14. The molecule has 14 heavy (non-hydrogen) atoms. The van der Waals surface area contributed by atoms with Crippen molar-refractivity contribution in [1.29, 1.82) is 0 Å². The maximum atomic E-state index is 11.3. The minimum absolute atomic E-state index is 0.198. The predicted octanol–water partition coefficient (Wildman–Crippen LogP) is 0.911. The fraction of sp³-hybridized carbons (Fsp3) is 0.333. The molecule has 1 aromatic carbocycles. The molecule has 1 N–H and O–H groups in total. The number of rotatable bonds is 3. The van der Waals surface area contributed by atoms with Gasteiger partial charge in [0, 0.05) is 19.8 Å². The number of hydroxylamine groups is 2. The van der Waals surface area contributed by atoms with E-state index >= 15 is 0 Å². The van der Waals surface area contributed by atoms with Crippen molar-refractivity contribution in [2.75, 3.05) is 13.3 Å². The molecule has 0 bridgehead atoms. The van der Waals surface area contributed by atoms with E-state index in [4.69, 9.17) is 5.21 Å². The van der Waals surface area contributed by atoms with Gasteiger partial charge < -0.3 is 5.21 Å². The van der Waals surface area contributed by atoms with E-state index < -0.39 is 9.84 Å². The highest BCUT2D eigenvalue weighted by molar-refractivity contribution is 7.90. The summed E-state index contributed by atoms with van der Waals surface area (Å²) in [6, 6.07) is 6.63. The Balaban J connectivity index is 3.17. The largest absolute Gasteiger partial charge is 0.314 e. The Morgan fingerprint density at radius 2 is 1.93 bits per heavy atom. The molecule has 0 heterocycles. The Bertz CT molecular complexity index is 412. The lowest BCUT2D eigenvalue weighted by molar-refractivity contribution is -0.0737. The Kier molecular flexibility index (Phi) is 3.25. The summed E-state index contributed by atoms with van der Waals surface area (Å²) in [5, 5.41) is 9.98. The first-order valence-corrected chi connectivity index (χ1v) is 5.98. The van der Waals surface area contributed by atoms with Gasteiger partial charge in [-0.25, -0.2) is 8.42 Å². The normalized spacial score (nSPS) is 12.0. The second kappa shape index (κ2) is 4.08. The molecule has 5 heteroatoms. The molecule has 0 aromatic heterocycles. The van der Waals surface area contributed by atoms with Gasteiger partial charge in [-0.1, -0.05) is 18.2 Å². The molecule has 0 aliphatic carbocycles. The summed E-state index contributed by atoms with van der Waals surface area (Å²) in [7, 11) is -1.75. The van der Waals surface area contributed by atoms with E-state index in [1.807, 2.05) is 0 Å². The van der Waals surface area contributed by atoms with Crippen molar-refractivity contribution in [3.8, 4) is 0 Å². The molecule has 78 valence electrons. The number of benzene rings is 1. The summed E-state index contributed by atoms with van der Waals surface area (Å²) in [6.07, 6.45) is 1.16. The third-order valence-electron chi connectivity index (χ3n) is 1.77. The number of sulfone groups is 1. The maximum Gasteiger partial charge on any atom is 0.175 e. The van der Waals surface area contributed by atoms with Crippen molar-refractivity contribution < 1.29 is 13.6 Å². The molecular formula is C9H13NO3S. The topological polar surface area (TPSA) is 57.6 Å². The highest BCUT2D eigenvalue weighted by Crippen LogP contribution is 2.15. The van der Waals surface area contributed by atoms with Crippen LogP contribution in [0.25, 0.3) is 0 Å². The number of hydrogen-bond donors (Lipinski definition) is 1. The number of hydrogen-bond acceptors (Lipinski definition) is 4. The molecule has 4 nitrogen and oxygen atoms in total. The van der Waals surface area contributed by atoms with E-state index in [9.17, 15) is 8.42 Å². The van der Waals surface area contributed by atoms with Gasteiger partial charge in [-0.15, -0.1) is 0 Å².